The fourth-order valence-corrected chi connectivity index (χ4v) is 2.42. The molecule has 104 valence electrons. The summed E-state index contributed by atoms with van der Waals surface area (Å²) >= 11 is 0. The zero-order valence-electron chi connectivity index (χ0n) is 11.6. The Kier molecular flexibility index (Phi) is 4.71. The maximum absolute atomic E-state index is 11.5. The summed E-state index contributed by atoms with van der Waals surface area (Å²) in [6.45, 7) is 3.80. The van der Waals surface area contributed by atoms with Gasteiger partial charge in [0, 0.05) is 13.1 Å². The van der Waals surface area contributed by atoms with Gasteiger partial charge in [-0.1, -0.05) is 13.3 Å². The molecule has 0 amide bonds. The number of aromatic nitrogens is 2. The molecule has 0 N–H and O–H groups in total. The topological polar surface area (TPSA) is 55.3 Å². The van der Waals surface area contributed by atoms with Crippen molar-refractivity contribution in [1.29, 1.82) is 0 Å². The van der Waals surface area contributed by atoms with Crippen molar-refractivity contribution in [2.75, 3.05) is 25.1 Å². The molecule has 0 atom stereocenters. The smallest absolute Gasteiger partial charge is 0.308 e. The number of nitrogens with zero attached hydrogens (tertiary/aromatic N) is 3. The van der Waals surface area contributed by atoms with Gasteiger partial charge in [-0.15, -0.1) is 5.10 Å². The van der Waals surface area contributed by atoms with Crippen molar-refractivity contribution in [2.24, 2.45) is 5.92 Å². The highest BCUT2D eigenvalue weighted by Crippen LogP contribution is 2.22. The SMILES string of the molecule is CCCc1ccc(N2CCC(C(=O)OC)CC2)nn1. The van der Waals surface area contributed by atoms with Gasteiger partial charge >= 0.3 is 5.97 Å². The first-order valence-electron chi connectivity index (χ1n) is 6.90. The number of hydrogen-bond donors (Lipinski definition) is 0. The van der Waals surface area contributed by atoms with E-state index in [0.29, 0.717) is 0 Å². The van der Waals surface area contributed by atoms with Crippen LogP contribution in [0.3, 0.4) is 0 Å². The molecule has 1 aliphatic heterocycles. The van der Waals surface area contributed by atoms with Gasteiger partial charge in [0.15, 0.2) is 5.82 Å². The van der Waals surface area contributed by atoms with E-state index in [2.05, 4.69) is 22.0 Å². The highest BCUT2D eigenvalue weighted by Gasteiger charge is 2.26. The second-order valence-electron chi connectivity index (χ2n) is 4.92. The highest BCUT2D eigenvalue weighted by molar-refractivity contribution is 5.72. The molecule has 0 radical (unpaired) electrons. The number of anilines is 1. The van der Waals surface area contributed by atoms with E-state index in [1.807, 2.05) is 12.1 Å². The first kappa shape index (κ1) is 13.8. The van der Waals surface area contributed by atoms with E-state index >= 15 is 0 Å². The third-order valence-electron chi connectivity index (χ3n) is 3.57. The van der Waals surface area contributed by atoms with E-state index in [1.165, 1.54) is 7.11 Å². The lowest BCUT2D eigenvalue weighted by molar-refractivity contribution is -0.146. The Labute approximate surface area is 114 Å². The molecule has 1 aromatic heterocycles. The molecule has 1 aromatic rings. The van der Waals surface area contributed by atoms with E-state index in [4.69, 9.17) is 4.74 Å². The molecule has 2 rings (SSSR count). The maximum Gasteiger partial charge on any atom is 0.308 e. The van der Waals surface area contributed by atoms with Crippen LogP contribution in [0.25, 0.3) is 0 Å². The van der Waals surface area contributed by atoms with E-state index in [0.717, 1.165) is 50.3 Å². The third-order valence-corrected chi connectivity index (χ3v) is 3.57. The number of rotatable bonds is 4. The Morgan fingerprint density at radius 1 is 1.37 bits per heavy atom. The van der Waals surface area contributed by atoms with E-state index in [9.17, 15) is 4.79 Å². The van der Waals surface area contributed by atoms with Gasteiger partial charge in [0.05, 0.1) is 18.7 Å². The van der Waals surface area contributed by atoms with Crippen molar-refractivity contribution in [3.63, 3.8) is 0 Å². The minimum atomic E-state index is -0.0935. The van der Waals surface area contributed by atoms with Crippen LogP contribution in [-0.4, -0.2) is 36.4 Å². The molecule has 1 aliphatic rings. The van der Waals surface area contributed by atoms with Crippen molar-refractivity contribution in [3.05, 3.63) is 17.8 Å². The summed E-state index contributed by atoms with van der Waals surface area (Å²) in [6.07, 6.45) is 3.70. The molecule has 1 fully saturated rings. The van der Waals surface area contributed by atoms with Gasteiger partial charge in [-0.2, -0.15) is 5.10 Å². The Balaban J connectivity index is 1.92. The van der Waals surface area contributed by atoms with Crippen molar-refractivity contribution in [1.82, 2.24) is 10.2 Å². The lowest BCUT2D eigenvalue weighted by Crippen LogP contribution is -2.37. The minimum absolute atomic E-state index is 0.0357. The molecule has 5 heteroatoms. The largest absolute Gasteiger partial charge is 0.469 e. The Morgan fingerprint density at radius 2 is 2.11 bits per heavy atom. The number of hydrogen-bond acceptors (Lipinski definition) is 5. The lowest BCUT2D eigenvalue weighted by atomic mass is 9.97. The summed E-state index contributed by atoms with van der Waals surface area (Å²) in [5.74, 6) is 0.848. The highest BCUT2D eigenvalue weighted by atomic mass is 16.5. The Hall–Kier alpha value is -1.65. The number of carbonyl (C=O) groups excluding carboxylic acids is 1. The van der Waals surface area contributed by atoms with Crippen LogP contribution in [0.5, 0.6) is 0 Å². The fourth-order valence-electron chi connectivity index (χ4n) is 2.42. The van der Waals surface area contributed by atoms with Crippen LogP contribution < -0.4 is 4.90 Å². The summed E-state index contributed by atoms with van der Waals surface area (Å²) in [5.41, 5.74) is 1.04. The molecule has 0 saturated carbocycles. The molecule has 0 spiro atoms. The summed E-state index contributed by atoms with van der Waals surface area (Å²) < 4.78 is 4.79. The quantitative estimate of drug-likeness (QED) is 0.776. The average molecular weight is 263 g/mol. The fraction of sp³-hybridized carbons (Fsp3) is 0.643. The van der Waals surface area contributed by atoms with Crippen molar-refractivity contribution in [2.45, 2.75) is 32.6 Å². The van der Waals surface area contributed by atoms with Crippen LogP contribution in [0.2, 0.25) is 0 Å². The van der Waals surface area contributed by atoms with Gasteiger partial charge < -0.3 is 9.64 Å². The maximum atomic E-state index is 11.5. The first-order valence-corrected chi connectivity index (χ1v) is 6.90. The van der Waals surface area contributed by atoms with E-state index in [1.54, 1.807) is 0 Å². The third kappa shape index (κ3) is 3.43. The predicted octanol–water partition coefficient (Wildman–Crippen LogP) is 1.82. The summed E-state index contributed by atoms with van der Waals surface area (Å²) in [5, 5.41) is 8.50. The molecule has 2 heterocycles. The molecule has 0 aliphatic carbocycles. The van der Waals surface area contributed by atoms with Crippen molar-refractivity contribution >= 4 is 11.8 Å². The first-order chi connectivity index (χ1) is 9.24. The van der Waals surface area contributed by atoms with Crippen LogP contribution in [-0.2, 0) is 16.0 Å². The monoisotopic (exact) mass is 263 g/mol. The second-order valence-corrected chi connectivity index (χ2v) is 4.92. The van der Waals surface area contributed by atoms with Gasteiger partial charge in [0.1, 0.15) is 0 Å². The molecule has 1 saturated heterocycles. The van der Waals surface area contributed by atoms with Gasteiger partial charge in [0.25, 0.3) is 0 Å². The Morgan fingerprint density at radius 3 is 2.63 bits per heavy atom. The second kappa shape index (κ2) is 6.50. The number of esters is 1. The van der Waals surface area contributed by atoms with E-state index < -0.39 is 0 Å². The van der Waals surface area contributed by atoms with Crippen molar-refractivity contribution in [3.8, 4) is 0 Å². The lowest BCUT2D eigenvalue weighted by Gasteiger charge is -2.31. The van der Waals surface area contributed by atoms with Crippen LogP contribution in [0, 0.1) is 5.92 Å². The zero-order chi connectivity index (χ0) is 13.7. The number of carbonyl (C=O) groups is 1. The van der Waals surface area contributed by atoms with E-state index in [-0.39, 0.29) is 11.9 Å². The minimum Gasteiger partial charge on any atom is -0.469 e. The Bertz CT molecular complexity index is 411. The number of ether oxygens (including phenoxy) is 1. The number of methoxy groups -OCH3 is 1. The van der Waals surface area contributed by atoms with Gasteiger partial charge in [-0.3, -0.25) is 4.79 Å². The molecule has 19 heavy (non-hydrogen) atoms. The molecule has 0 aromatic carbocycles. The zero-order valence-corrected chi connectivity index (χ0v) is 11.6. The normalized spacial score (nSPS) is 16.4. The number of aryl methyl sites for hydroxylation is 1. The predicted molar refractivity (Wildman–Crippen MR) is 73.0 cm³/mol. The molecule has 5 nitrogen and oxygen atoms in total. The van der Waals surface area contributed by atoms with Crippen LogP contribution in [0.15, 0.2) is 12.1 Å². The molecular formula is C14H21N3O2. The summed E-state index contributed by atoms with van der Waals surface area (Å²) in [6, 6.07) is 4.06. The van der Waals surface area contributed by atoms with Gasteiger partial charge in [-0.25, -0.2) is 0 Å². The average Bonchev–Trinajstić information content (AvgIpc) is 2.48. The number of piperidine rings is 1. The van der Waals surface area contributed by atoms with Gasteiger partial charge in [-0.05, 0) is 31.4 Å². The molecule has 0 bridgehead atoms. The summed E-state index contributed by atoms with van der Waals surface area (Å²) in [4.78, 5) is 13.6. The standard InChI is InChI=1S/C14H21N3O2/c1-3-4-12-5-6-13(16-15-12)17-9-7-11(8-10-17)14(18)19-2/h5-6,11H,3-4,7-10H2,1-2H3. The van der Waals surface area contributed by atoms with Crippen molar-refractivity contribution < 1.29 is 9.53 Å². The van der Waals surface area contributed by atoms with Crippen LogP contribution >= 0.6 is 0 Å². The van der Waals surface area contributed by atoms with Gasteiger partial charge in [0.2, 0.25) is 0 Å². The van der Waals surface area contributed by atoms with Crippen LogP contribution in [0.1, 0.15) is 31.9 Å². The molecule has 0 unspecified atom stereocenters. The summed E-state index contributed by atoms with van der Waals surface area (Å²) in [7, 11) is 1.45. The van der Waals surface area contributed by atoms with Crippen LogP contribution in [0.4, 0.5) is 5.82 Å². The molecular weight excluding hydrogens is 242 g/mol.